The van der Waals surface area contributed by atoms with Crippen LogP contribution in [0.2, 0.25) is 0 Å². The van der Waals surface area contributed by atoms with Crippen molar-refractivity contribution in [3.63, 3.8) is 0 Å². The van der Waals surface area contributed by atoms with Crippen LogP contribution in [0.5, 0.6) is 0 Å². The van der Waals surface area contributed by atoms with Crippen molar-refractivity contribution < 1.29 is 14.3 Å². The molecule has 0 bridgehead atoms. The highest BCUT2D eigenvalue weighted by atomic mass is 16.5. The van der Waals surface area contributed by atoms with Crippen molar-refractivity contribution in [2.45, 2.75) is 32.7 Å². The molecule has 0 aliphatic carbocycles. The summed E-state index contributed by atoms with van der Waals surface area (Å²) in [6.07, 6.45) is 4.86. The summed E-state index contributed by atoms with van der Waals surface area (Å²) in [5.41, 5.74) is 10.7. The zero-order valence-electron chi connectivity index (χ0n) is 16.7. The first kappa shape index (κ1) is 20.3. The van der Waals surface area contributed by atoms with Gasteiger partial charge in [0.2, 0.25) is 0 Å². The summed E-state index contributed by atoms with van der Waals surface area (Å²) in [5.74, 6) is -0.782. The molecule has 0 saturated carbocycles. The van der Waals surface area contributed by atoms with Crippen LogP contribution in [-0.2, 0) is 28.9 Å². The number of carbonyl (C=O) groups is 2. The first-order valence-corrected chi connectivity index (χ1v) is 9.55. The van der Waals surface area contributed by atoms with Gasteiger partial charge in [0.1, 0.15) is 0 Å². The molecule has 1 aromatic carbocycles. The first-order valence-electron chi connectivity index (χ1n) is 9.55. The van der Waals surface area contributed by atoms with E-state index < -0.39 is 5.91 Å². The number of pyridine rings is 1. The zero-order valence-corrected chi connectivity index (χ0v) is 16.7. The number of aromatic nitrogens is 2. The molecule has 0 aliphatic rings. The van der Waals surface area contributed by atoms with Crippen LogP contribution < -0.4 is 5.73 Å². The monoisotopic (exact) mass is 391 g/mol. The number of esters is 1. The number of nitrogens with zero attached hydrogens (tertiary/aromatic N) is 2. The normalized spacial score (nSPS) is 10.7. The maximum atomic E-state index is 12.3. The van der Waals surface area contributed by atoms with E-state index in [1.807, 2.05) is 37.3 Å². The van der Waals surface area contributed by atoms with Gasteiger partial charge in [-0.2, -0.15) is 0 Å². The Morgan fingerprint density at radius 3 is 2.48 bits per heavy atom. The number of nitrogens with two attached hydrogens (primary N) is 1. The topological polar surface area (TPSA) is 87.2 Å². The second kappa shape index (κ2) is 9.19. The van der Waals surface area contributed by atoms with Gasteiger partial charge in [-0.05, 0) is 31.4 Å². The van der Waals surface area contributed by atoms with E-state index in [4.69, 9.17) is 10.5 Å². The van der Waals surface area contributed by atoms with Gasteiger partial charge >= 0.3 is 5.97 Å². The number of rotatable bonds is 8. The fraction of sp³-hybridized carbons (Fsp3) is 0.261. The Labute approximate surface area is 170 Å². The smallest absolute Gasteiger partial charge is 0.305 e. The van der Waals surface area contributed by atoms with Crippen molar-refractivity contribution >= 4 is 11.9 Å². The van der Waals surface area contributed by atoms with Gasteiger partial charge in [-0.1, -0.05) is 36.4 Å². The minimum absolute atomic E-state index is 0.219. The average Bonchev–Trinajstić information content (AvgIpc) is 3.03. The number of hydrogen-bond donors (Lipinski definition) is 1. The van der Waals surface area contributed by atoms with E-state index in [-0.39, 0.29) is 12.4 Å². The number of methoxy groups -OCH3 is 1. The molecule has 3 rings (SSSR count). The zero-order chi connectivity index (χ0) is 20.8. The maximum absolute atomic E-state index is 12.3. The van der Waals surface area contributed by atoms with Crippen LogP contribution in [0, 0.1) is 6.92 Å². The van der Waals surface area contributed by atoms with E-state index >= 15 is 0 Å². The fourth-order valence-electron chi connectivity index (χ4n) is 3.69. The van der Waals surface area contributed by atoms with E-state index in [0.717, 1.165) is 28.9 Å². The minimum Gasteiger partial charge on any atom is -0.469 e. The summed E-state index contributed by atoms with van der Waals surface area (Å²) >= 11 is 0. The Balaban J connectivity index is 2.09. The van der Waals surface area contributed by atoms with Crippen LogP contribution in [0.3, 0.4) is 0 Å². The van der Waals surface area contributed by atoms with Gasteiger partial charge in [0, 0.05) is 41.5 Å². The predicted molar refractivity (Wildman–Crippen MR) is 111 cm³/mol. The van der Waals surface area contributed by atoms with Gasteiger partial charge in [0.25, 0.3) is 5.91 Å². The van der Waals surface area contributed by atoms with Crippen molar-refractivity contribution in [1.29, 1.82) is 0 Å². The van der Waals surface area contributed by atoms with E-state index in [1.54, 1.807) is 12.4 Å². The molecule has 150 valence electrons. The van der Waals surface area contributed by atoms with Crippen molar-refractivity contribution in [3.8, 4) is 11.1 Å². The Morgan fingerprint density at radius 1 is 1.10 bits per heavy atom. The molecular formula is C23H25N3O3. The highest BCUT2D eigenvalue weighted by molar-refractivity contribution is 6.02. The SMILES string of the molecule is COC(=O)CCc1c(-c2cccnc2)c(C(N)=O)c(C)n1CCc1ccccc1. The Hall–Kier alpha value is -3.41. The van der Waals surface area contributed by atoms with E-state index in [1.165, 1.54) is 12.7 Å². The van der Waals surface area contributed by atoms with Crippen molar-refractivity contribution in [1.82, 2.24) is 9.55 Å². The third kappa shape index (κ3) is 4.54. The number of hydrogen-bond acceptors (Lipinski definition) is 4. The fourth-order valence-corrected chi connectivity index (χ4v) is 3.69. The Bertz CT molecular complexity index is 995. The Morgan fingerprint density at radius 2 is 1.86 bits per heavy atom. The average molecular weight is 391 g/mol. The predicted octanol–water partition coefficient (Wildman–Crippen LogP) is 3.31. The van der Waals surface area contributed by atoms with Crippen LogP contribution in [0.1, 0.15) is 33.7 Å². The van der Waals surface area contributed by atoms with Gasteiger partial charge in [-0.25, -0.2) is 0 Å². The van der Waals surface area contributed by atoms with Gasteiger partial charge < -0.3 is 15.0 Å². The van der Waals surface area contributed by atoms with Crippen molar-refractivity contribution in [3.05, 3.63) is 77.4 Å². The van der Waals surface area contributed by atoms with Crippen LogP contribution >= 0.6 is 0 Å². The van der Waals surface area contributed by atoms with Crippen LogP contribution in [0.25, 0.3) is 11.1 Å². The number of benzene rings is 1. The van der Waals surface area contributed by atoms with E-state index in [9.17, 15) is 9.59 Å². The summed E-state index contributed by atoms with van der Waals surface area (Å²) in [7, 11) is 1.37. The van der Waals surface area contributed by atoms with E-state index in [0.29, 0.717) is 18.5 Å². The maximum Gasteiger partial charge on any atom is 0.305 e. The van der Waals surface area contributed by atoms with Gasteiger partial charge in [0.05, 0.1) is 19.1 Å². The minimum atomic E-state index is -0.487. The molecule has 29 heavy (non-hydrogen) atoms. The third-order valence-electron chi connectivity index (χ3n) is 5.09. The molecular weight excluding hydrogens is 366 g/mol. The lowest BCUT2D eigenvalue weighted by atomic mass is 9.99. The highest BCUT2D eigenvalue weighted by Gasteiger charge is 2.25. The molecule has 0 saturated heterocycles. The summed E-state index contributed by atoms with van der Waals surface area (Å²) in [6, 6.07) is 13.9. The largest absolute Gasteiger partial charge is 0.469 e. The molecule has 0 radical (unpaired) electrons. The molecule has 2 heterocycles. The molecule has 0 aliphatic heterocycles. The van der Waals surface area contributed by atoms with Crippen LogP contribution in [0.15, 0.2) is 54.9 Å². The summed E-state index contributed by atoms with van der Waals surface area (Å²) in [6.45, 7) is 2.57. The van der Waals surface area contributed by atoms with Crippen LogP contribution in [0.4, 0.5) is 0 Å². The Kier molecular flexibility index (Phi) is 6.44. The molecule has 0 spiro atoms. The molecule has 3 aromatic rings. The molecule has 6 nitrogen and oxygen atoms in total. The summed E-state index contributed by atoms with van der Waals surface area (Å²) in [4.78, 5) is 28.4. The number of aryl methyl sites for hydroxylation is 1. The third-order valence-corrected chi connectivity index (χ3v) is 5.09. The molecule has 0 atom stereocenters. The lowest BCUT2D eigenvalue weighted by Crippen LogP contribution is -2.14. The second-order valence-electron chi connectivity index (χ2n) is 6.85. The van der Waals surface area contributed by atoms with E-state index in [2.05, 4.69) is 21.7 Å². The first-order chi connectivity index (χ1) is 14.0. The van der Waals surface area contributed by atoms with Crippen LogP contribution in [-0.4, -0.2) is 28.5 Å². The molecule has 1 amide bonds. The van der Waals surface area contributed by atoms with Crippen molar-refractivity contribution in [2.24, 2.45) is 5.73 Å². The molecule has 2 aromatic heterocycles. The highest BCUT2D eigenvalue weighted by Crippen LogP contribution is 2.33. The number of ether oxygens (including phenoxy) is 1. The lowest BCUT2D eigenvalue weighted by molar-refractivity contribution is -0.140. The standard InChI is InChI=1S/C23H25N3O3/c1-16-21(23(24)28)22(18-9-6-13-25-15-18)19(10-11-20(27)29-2)26(16)14-12-17-7-4-3-5-8-17/h3-9,13,15H,10-12,14H2,1-2H3,(H2,24,28). The molecule has 2 N–H and O–H groups in total. The molecule has 0 fully saturated rings. The van der Waals surface area contributed by atoms with Crippen molar-refractivity contribution in [2.75, 3.05) is 7.11 Å². The summed E-state index contributed by atoms with van der Waals surface area (Å²) in [5, 5.41) is 0. The quantitative estimate of drug-likeness (QED) is 0.597. The second-order valence-corrected chi connectivity index (χ2v) is 6.85. The molecule has 0 unspecified atom stereocenters. The summed E-state index contributed by atoms with van der Waals surface area (Å²) < 4.78 is 6.91. The number of carbonyl (C=O) groups excluding carboxylic acids is 2. The van der Waals surface area contributed by atoms with Gasteiger partial charge in [-0.3, -0.25) is 14.6 Å². The van der Waals surface area contributed by atoms with Gasteiger partial charge in [-0.15, -0.1) is 0 Å². The number of amides is 1. The van der Waals surface area contributed by atoms with Gasteiger partial charge in [0.15, 0.2) is 0 Å². The molecule has 6 heteroatoms. The lowest BCUT2D eigenvalue weighted by Gasteiger charge is -2.13. The number of primary amides is 1.